The molecule has 0 aromatic heterocycles. The zero-order valence-electron chi connectivity index (χ0n) is 12.1. The third-order valence-electron chi connectivity index (χ3n) is 3.32. The van der Waals surface area contributed by atoms with Crippen LogP contribution in [0.5, 0.6) is 0 Å². The van der Waals surface area contributed by atoms with Gasteiger partial charge in [-0.25, -0.2) is 0 Å². The molecule has 4 heteroatoms. The van der Waals surface area contributed by atoms with Gasteiger partial charge in [-0.15, -0.1) is 0 Å². The van der Waals surface area contributed by atoms with Gasteiger partial charge in [0.25, 0.3) is 0 Å². The maximum atomic E-state index is 5.31. The first-order valence-electron chi connectivity index (χ1n) is 7.40. The van der Waals surface area contributed by atoms with Crippen molar-refractivity contribution in [3.63, 3.8) is 0 Å². The van der Waals surface area contributed by atoms with E-state index in [9.17, 15) is 0 Å². The van der Waals surface area contributed by atoms with Crippen molar-refractivity contribution in [3.8, 4) is 0 Å². The molecule has 1 rings (SSSR count). The van der Waals surface area contributed by atoms with E-state index < -0.39 is 0 Å². The molecule has 0 heterocycles. The predicted octanol–water partition coefficient (Wildman–Crippen LogP) is 1.50. The van der Waals surface area contributed by atoms with E-state index in [2.05, 4.69) is 10.2 Å². The highest BCUT2D eigenvalue weighted by Crippen LogP contribution is 2.25. The molecule has 0 aromatic rings. The first-order chi connectivity index (χ1) is 8.88. The van der Waals surface area contributed by atoms with Crippen molar-refractivity contribution >= 4 is 0 Å². The molecule has 1 fully saturated rings. The van der Waals surface area contributed by atoms with Gasteiger partial charge in [0.1, 0.15) is 0 Å². The zero-order valence-corrected chi connectivity index (χ0v) is 12.1. The standard InChI is InChI=1S/C14H30N2O2/c1-3-18-12-5-4-8-15-9-10-16(11-13-17-2)14-6-7-14/h14-15H,3-13H2,1-2H3. The first kappa shape index (κ1) is 15.9. The fourth-order valence-electron chi connectivity index (χ4n) is 2.07. The third-order valence-corrected chi connectivity index (χ3v) is 3.32. The normalized spacial score (nSPS) is 15.5. The smallest absolute Gasteiger partial charge is 0.0589 e. The van der Waals surface area contributed by atoms with Crippen LogP contribution in [0, 0.1) is 0 Å². The molecule has 1 aliphatic carbocycles. The third kappa shape index (κ3) is 8.03. The van der Waals surface area contributed by atoms with Crippen LogP contribution in [0.3, 0.4) is 0 Å². The lowest BCUT2D eigenvalue weighted by molar-refractivity contribution is 0.141. The first-order valence-corrected chi connectivity index (χ1v) is 7.40. The highest BCUT2D eigenvalue weighted by atomic mass is 16.5. The summed E-state index contributed by atoms with van der Waals surface area (Å²) in [5.74, 6) is 0. The molecule has 18 heavy (non-hydrogen) atoms. The Balaban J connectivity index is 1.88. The Kier molecular flexibility index (Phi) is 9.48. The van der Waals surface area contributed by atoms with Gasteiger partial charge in [0, 0.05) is 46.0 Å². The number of nitrogens with zero attached hydrogens (tertiary/aromatic N) is 1. The monoisotopic (exact) mass is 258 g/mol. The number of nitrogens with one attached hydrogen (secondary N) is 1. The van der Waals surface area contributed by atoms with Gasteiger partial charge >= 0.3 is 0 Å². The van der Waals surface area contributed by atoms with Crippen molar-refractivity contribution in [2.45, 2.75) is 38.6 Å². The number of rotatable bonds is 13. The second-order valence-electron chi connectivity index (χ2n) is 4.91. The van der Waals surface area contributed by atoms with Crippen LogP contribution in [0.1, 0.15) is 32.6 Å². The van der Waals surface area contributed by atoms with Gasteiger partial charge in [-0.05, 0) is 39.2 Å². The summed E-state index contributed by atoms with van der Waals surface area (Å²) in [5.41, 5.74) is 0. The van der Waals surface area contributed by atoms with Crippen molar-refractivity contribution in [2.75, 3.05) is 53.1 Å². The van der Waals surface area contributed by atoms with Crippen molar-refractivity contribution in [3.05, 3.63) is 0 Å². The van der Waals surface area contributed by atoms with E-state index in [-0.39, 0.29) is 0 Å². The number of hydrogen-bond acceptors (Lipinski definition) is 4. The van der Waals surface area contributed by atoms with Crippen LogP contribution < -0.4 is 5.32 Å². The zero-order chi connectivity index (χ0) is 13.1. The van der Waals surface area contributed by atoms with Gasteiger partial charge in [0.05, 0.1) is 6.61 Å². The molecule has 0 amide bonds. The summed E-state index contributed by atoms with van der Waals surface area (Å²) in [4.78, 5) is 2.55. The molecule has 0 atom stereocenters. The average Bonchev–Trinajstić information content (AvgIpc) is 3.20. The van der Waals surface area contributed by atoms with Crippen LogP contribution in [-0.4, -0.2) is 64.1 Å². The molecule has 0 spiro atoms. The van der Waals surface area contributed by atoms with Gasteiger partial charge in [0.15, 0.2) is 0 Å². The SMILES string of the molecule is CCOCCCCNCCN(CCOC)C1CC1. The van der Waals surface area contributed by atoms with E-state index in [1.54, 1.807) is 7.11 Å². The molecule has 1 N–H and O–H groups in total. The Morgan fingerprint density at radius 1 is 1.11 bits per heavy atom. The van der Waals surface area contributed by atoms with E-state index in [1.165, 1.54) is 19.3 Å². The lowest BCUT2D eigenvalue weighted by Gasteiger charge is -2.21. The topological polar surface area (TPSA) is 33.7 Å². The van der Waals surface area contributed by atoms with Crippen molar-refractivity contribution in [1.29, 1.82) is 0 Å². The molecule has 0 aliphatic heterocycles. The highest BCUT2D eigenvalue weighted by molar-refractivity contribution is 4.84. The van der Waals surface area contributed by atoms with E-state index in [4.69, 9.17) is 9.47 Å². The Morgan fingerprint density at radius 3 is 2.61 bits per heavy atom. The van der Waals surface area contributed by atoms with Gasteiger partial charge in [-0.1, -0.05) is 0 Å². The molecule has 4 nitrogen and oxygen atoms in total. The van der Waals surface area contributed by atoms with Crippen LogP contribution in [0.2, 0.25) is 0 Å². The fourth-order valence-corrected chi connectivity index (χ4v) is 2.07. The molecule has 108 valence electrons. The van der Waals surface area contributed by atoms with Crippen LogP contribution in [-0.2, 0) is 9.47 Å². The molecule has 1 saturated carbocycles. The maximum Gasteiger partial charge on any atom is 0.0589 e. The molecule has 0 unspecified atom stereocenters. The molecular weight excluding hydrogens is 228 g/mol. The molecule has 0 radical (unpaired) electrons. The van der Waals surface area contributed by atoms with E-state index in [0.717, 1.165) is 58.5 Å². The second-order valence-corrected chi connectivity index (χ2v) is 4.91. The lowest BCUT2D eigenvalue weighted by Crippen LogP contribution is -2.36. The Labute approximate surface area is 112 Å². The van der Waals surface area contributed by atoms with Gasteiger partial charge in [-0.2, -0.15) is 0 Å². The summed E-state index contributed by atoms with van der Waals surface area (Å²) < 4.78 is 10.5. The van der Waals surface area contributed by atoms with Crippen LogP contribution >= 0.6 is 0 Å². The number of unbranched alkanes of at least 4 members (excludes halogenated alkanes) is 1. The van der Waals surface area contributed by atoms with Gasteiger partial charge < -0.3 is 14.8 Å². The summed E-state index contributed by atoms with van der Waals surface area (Å²) >= 11 is 0. The summed E-state index contributed by atoms with van der Waals surface area (Å²) in [6.07, 6.45) is 5.12. The fraction of sp³-hybridized carbons (Fsp3) is 1.00. The van der Waals surface area contributed by atoms with Gasteiger partial charge in [0.2, 0.25) is 0 Å². The second kappa shape index (κ2) is 10.7. The highest BCUT2D eigenvalue weighted by Gasteiger charge is 2.27. The number of methoxy groups -OCH3 is 1. The lowest BCUT2D eigenvalue weighted by atomic mass is 10.3. The minimum Gasteiger partial charge on any atom is -0.383 e. The Bertz CT molecular complexity index is 187. The largest absolute Gasteiger partial charge is 0.383 e. The van der Waals surface area contributed by atoms with E-state index >= 15 is 0 Å². The molecule has 0 bridgehead atoms. The van der Waals surface area contributed by atoms with Crippen LogP contribution in [0.15, 0.2) is 0 Å². The quantitative estimate of drug-likeness (QED) is 0.508. The number of hydrogen-bond donors (Lipinski definition) is 1. The van der Waals surface area contributed by atoms with Crippen molar-refractivity contribution in [1.82, 2.24) is 10.2 Å². The summed E-state index contributed by atoms with van der Waals surface area (Å²) in [6, 6.07) is 0.833. The van der Waals surface area contributed by atoms with E-state index in [1.807, 2.05) is 6.92 Å². The minimum atomic E-state index is 0.833. The van der Waals surface area contributed by atoms with Crippen molar-refractivity contribution in [2.24, 2.45) is 0 Å². The Morgan fingerprint density at radius 2 is 1.94 bits per heavy atom. The Hall–Kier alpha value is -0.160. The molecule has 0 aromatic carbocycles. The molecular formula is C14H30N2O2. The minimum absolute atomic E-state index is 0.833. The molecule has 1 aliphatic rings. The summed E-state index contributed by atoms with van der Waals surface area (Å²) in [6.45, 7) is 9.07. The molecule has 0 saturated heterocycles. The average molecular weight is 258 g/mol. The van der Waals surface area contributed by atoms with Crippen LogP contribution in [0.25, 0.3) is 0 Å². The van der Waals surface area contributed by atoms with Crippen molar-refractivity contribution < 1.29 is 9.47 Å². The maximum absolute atomic E-state index is 5.31. The summed E-state index contributed by atoms with van der Waals surface area (Å²) in [7, 11) is 1.78. The van der Waals surface area contributed by atoms with Crippen LogP contribution in [0.4, 0.5) is 0 Å². The summed E-state index contributed by atoms with van der Waals surface area (Å²) in [5, 5.41) is 3.51. The van der Waals surface area contributed by atoms with Gasteiger partial charge in [-0.3, -0.25) is 4.90 Å². The predicted molar refractivity (Wildman–Crippen MR) is 75.1 cm³/mol. The van der Waals surface area contributed by atoms with E-state index in [0.29, 0.717) is 0 Å². The number of ether oxygens (including phenoxy) is 2.